The Kier molecular flexibility index (Phi) is 4.15. The van der Waals surface area contributed by atoms with Crippen molar-refractivity contribution < 1.29 is 10.2 Å². The number of nitrogens with one attached hydrogen (secondary N) is 3. The summed E-state index contributed by atoms with van der Waals surface area (Å²) < 4.78 is 0. The largest absolute Gasteiger partial charge is 0.396 e. The number of hydrogen-bond donors (Lipinski definition) is 6. The fraction of sp³-hybridized carbons (Fsp3) is 0.455. The summed E-state index contributed by atoms with van der Waals surface area (Å²) in [5.74, 6) is 0.0682. The average molecular weight is 267 g/mol. The van der Waals surface area contributed by atoms with E-state index < -0.39 is 6.10 Å². The molecule has 2 aromatic rings. The Labute approximate surface area is 108 Å². The Balaban J connectivity index is 2.07. The fourth-order valence-corrected chi connectivity index (χ4v) is 1.84. The summed E-state index contributed by atoms with van der Waals surface area (Å²) in [5, 5.41) is 21.2. The van der Waals surface area contributed by atoms with Crippen LogP contribution in [0.15, 0.2) is 11.0 Å². The van der Waals surface area contributed by atoms with E-state index in [0.29, 0.717) is 30.5 Å². The number of aliphatic hydroxyl groups is 2. The first-order valence-electron chi connectivity index (χ1n) is 5.97. The number of nitrogens with zero attached hydrogens (tertiary/aromatic N) is 1. The van der Waals surface area contributed by atoms with Crippen molar-refractivity contribution in [1.82, 2.24) is 20.3 Å². The van der Waals surface area contributed by atoms with Gasteiger partial charge in [0.2, 0.25) is 5.95 Å². The molecule has 0 aliphatic heterocycles. The summed E-state index contributed by atoms with van der Waals surface area (Å²) in [7, 11) is 0. The van der Waals surface area contributed by atoms with Crippen LogP contribution in [0.25, 0.3) is 11.0 Å². The molecule has 0 saturated heterocycles. The number of nitrogens with two attached hydrogens (primary N) is 1. The van der Waals surface area contributed by atoms with Gasteiger partial charge in [0, 0.05) is 31.5 Å². The van der Waals surface area contributed by atoms with Crippen molar-refractivity contribution in [3.8, 4) is 0 Å². The molecular formula is C11H17N5O3. The monoisotopic (exact) mass is 267 g/mol. The molecule has 0 radical (unpaired) electrons. The second kappa shape index (κ2) is 5.83. The van der Waals surface area contributed by atoms with Crippen LogP contribution in [-0.4, -0.2) is 44.4 Å². The summed E-state index contributed by atoms with van der Waals surface area (Å²) in [6.07, 6.45) is 1.40. The number of nitrogen functional groups attached to an aromatic ring is 1. The Hall–Kier alpha value is -1.90. The molecule has 0 aromatic carbocycles. The second-order valence-corrected chi connectivity index (χ2v) is 4.29. The highest BCUT2D eigenvalue weighted by Gasteiger charge is 2.10. The normalized spacial score (nSPS) is 12.9. The highest BCUT2D eigenvalue weighted by molar-refractivity contribution is 5.78. The molecule has 0 saturated carbocycles. The number of aromatic amines is 2. The maximum Gasteiger partial charge on any atom is 0.276 e. The molecule has 0 spiro atoms. The Morgan fingerprint density at radius 1 is 1.53 bits per heavy atom. The Morgan fingerprint density at radius 2 is 2.32 bits per heavy atom. The third-order valence-corrected chi connectivity index (χ3v) is 2.79. The van der Waals surface area contributed by atoms with E-state index in [1.54, 1.807) is 6.20 Å². The molecule has 8 heteroatoms. The number of aliphatic hydroxyl groups excluding tert-OH is 2. The number of H-pyrrole nitrogens is 2. The van der Waals surface area contributed by atoms with Crippen molar-refractivity contribution >= 4 is 17.0 Å². The Bertz CT molecular complexity index is 606. The second-order valence-electron chi connectivity index (χ2n) is 4.29. The lowest BCUT2D eigenvalue weighted by molar-refractivity contribution is 0.131. The van der Waals surface area contributed by atoms with Gasteiger partial charge >= 0.3 is 0 Å². The van der Waals surface area contributed by atoms with Gasteiger partial charge in [0.15, 0.2) is 0 Å². The van der Waals surface area contributed by atoms with E-state index in [-0.39, 0.29) is 18.1 Å². The van der Waals surface area contributed by atoms with Crippen LogP contribution < -0.4 is 16.6 Å². The van der Waals surface area contributed by atoms with Gasteiger partial charge in [0.05, 0.1) is 6.10 Å². The highest BCUT2D eigenvalue weighted by Crippen LogP contribution is 2.12. The van der Waals surface area contributed by atoms with Crippen molar-refractivity contribution in [2.45, 2.75) is 19.1 Å². The standard InChI is InChI=1S/C11H17N5O3/c12-11-15-8-6(3-13-5-7(18)1-2-17)4-14-9(8)10(19)16-11/h4,7,13-14,17-18H,1-3,5H2,(H3,12,15,16,19). The van der Waals surface area contributed by atoms with Gasteiger partial charge in [-0.25, -0.2) is 4.98 Å². The first-order valence-corrected chi connectivity index (χ1v) is 5.97. The van der Waals surface area contributed by atoms with E-state index in [0.717, 1.165) is 5.56 Å². The molecule has 1 atom stereocenters. The predicted molar refractivity (Wildman–Crippen MR) is 70.5 cm³/mol. The molecular weight excluding hydrogens is 250 g/mol. The number of hydrogen-bond acceptors (Lipinski definition) is 6. The summed E-state index contributed by atoms with van der Waals surface area (Å²) >= 11 is 0. The van der Waals surface area contributed by atoms with Crippen LogP contribution in [-0.2, 0) is 6.54 Å². The van der Waals surface area contributed by atoms with E-state index in [9.17, 15) is 9.90 Å². The van der Waals surface area contributed by atoms with Gasteiger partial charge in [-0.1, -0.05) is 0 Å². The summed E-state index contributed by atoms with van der Waals surface area (Å²) in [5.41, 5.74) is 6.88. The minimum absolute atomic E-state index is 0.0522. The van der Waals surface area contributed by atoms with Crippen molar-refractivity contribution in [2.75, 3.05) is 18.9 Å². The maximum atomic E-state index is 11.6. The Morgan fingerprint density at radius 3 is 3.05 bits per heavy atom. The molecule has 0 aliphatic carbocycles. The van der Waals surface area contributed by atoms with Gasteiger partial charge in [-0.2, -0.15) is 0 Å². The number of fused-ring (bicyclic) bond motifs is 1. The minimum Gasteiger partial charge on any atom is -0.396 e. The molecule has 2 heterocycles. The van der Waals surface area contributed by atoms with E-state index in [4.69, 9.17) is 10.8 Å². The van der Waals surface area contributed by atoms with Crippen molar-refractivity contribution in [3.63, 3.8) is 0 Å². The van der Waals surface area contributed by atoms with Crippen LogP contribution in [0.5, 0.6) is 0 Å². The molecule has 19 heavy (non-hydrogen) atoms. The highest BCUT2D eigenvalue weighted by atomic mass is 16.3. The number of aromatic nitrogens is 3. The smallest absolute Gasteiger partial charge is 0.276 e. The molecule has 1 unspecified atom stereocenters. The van der Waals surface area contributed by atoms with Crippen LogP contribution in [0, 0.1) is 0 Å². The van der Waals surface area contributed by atoms with Gasteiger partial charge in [-0.15, -0.1) is 0 Å². The van der Waals surface area contributed by atoms with E-state index in [1.165, 1.54) is 0 Å². The molecule has 0 bridgehead atoms. The average Bonchev–Trinajstić information content (AvgIpc) is 2.73. The molecule has 8 nitrogen and oxygen atoms in total. The zero-order valence-corrected chi connectivity index (χ0v) is 10.3. The lowest BCUT2D eigenvalue weighted by Crippen LogP contribution is -2.27. The van der Waals surface area contributed by atoms with Crippen LogP contribution in [0.4, 0.5) is 5.95 Å². The van der Waals surface area contributed by atoms with Crippen LogP contribution in [0.1, 0.15) is 12.0 Å². The zero-order valence-electron chi connectivity index (χ0n) is 10.3. The third-order valence-electron chi connectivity index (χ3n) is 2.79. The van der Waals surface area contributed by atoms with Crippen LogP contribution >= 0.6 is 0 Å². The molecule has 2 rings (SSSR count). The maximum absolute atomic E-state index is 11.6. The van der Waals surface area contributed by atoms with Crippen molar-refractivity contribution in [2.24, 2.45) is 0 Å². The van der Waals surface area contributed by atoms with Crippen molar-refractivity contribution in [3.05, 3.63) is 22.1 Å². The first kappa shape index (κ1) is 13.5. The van der Waals surface area contributed by atoms with Crippen LogP contribution in [0.3, 0.4) is 0 Å². The summed E-state index contributed by atoms with van der Waals surface area (Å²) in [6, 6.07) is 0. The molecule has 7 N–H and O–H groups in total. The van der Waals surface area contributed by atoms with Gasteiger partial charge in [-0.05, 0) is 6.42 Å². The van der Waals surface area contributed by atoms with Gasteiger partial charge in [0.25, 0.3) is 5.56 Å². The van der Waals surface area contributed by atoms with Gasteiger partial charge in [-0.3, -0.25) is 9.78 Å². The molecule has 104 valence electrons. The predicted octanol–water partition coefficient (Wildman–Crippen LogP) is -1.33. The van der Waals surface area contributed by atoms with Crippen molar-refractivity contribution in [1.29, 1.82) is 0 Å². The fourth-order valence-electron chi connectivity index (χ4n) is 1.84. The van der Waals surface area contributed by atoms with Crippen LogP contribution in [0.2, 0.25) is 0 Å². The van der Waals surface area contributed by atoms with Gasteiger partial charge < -0.3 is 26.2 Å². The first-order chi connectivity index (χ1) is 9.11. The molecule has 2 aromatic heterocycles. The van der Waals surface area contributed by atoms with E-state index >= 15 is 0 Å². The molecule has 0 fully saturated rings. The van der Waals surface area contributed by atoms with E-state index in [2.05, 4.69) is 20.3 Å². The molecule has 0 aliphatic rings. The number of anilines is 1. The number of rotatable bonds is 6. The summed E-state index contributed by atoms with van der Waals surface area (Å²) in [4.78, 5) is 20.9. The zero-order chi connectivity index (χ0) is 13.8. The third kappa shape index (κ3) is 3.11. The summed E-state index contributed by atoms with van der Waals surface area (Å²) in [6.45, 7) is 0.744. The molecule has 0 amide bonds. The lowest BCUT2D eigenvalue weighted by atomic mass is 10.2. The quantitative estimate of drug-likeness (QED) is 0.383. The van der Waals surface area contributed by atoms with E-state index in [1.807, 2.05) is 0 Å². The lowest BCUT2D eigenvalue weighted by Gasteiger charge is -2.09. The SMILES string of the molecule is Nc1nc2c(CNCC(O)CCO)c[nH]c2c(=O)[nH]1. The van der Waals surface area contributed by atoms with Gasteiger partial charge in [0.1, 0.15) is 11.0 Å². The minimum atomic E-state index is -0.600. The topological polar surface area (TPSA) is 140 Å².